The lowest BCUT2D eigenvalue weighted by Gasteiger charge is -1.83. The van der Waals surface area contributed by atoms with Gasteiger partial charge in [-0.05, 0) is 19.1 Å². The smallest absolute Gasteiger partial charge is 0.0273 e. The quantitative estimate of drug-likeness (QED) is 0.410. The van der Waals surface area contributed by atoms with Crippen LogP contribution in [0.3, 0.4) is 0 Å². The van der Waals surface area contributed by atoms with Gasteiger partial charge in [0.15, 0.2) is 0 Å². The van der Waals surface area contributed by atoms with Crippen LogP contribution in [0, 0.1) is 0 Å². The zero-order valence-corrected chi connectivity index (χ0v) is 7.15. The van der Waals surface area contributed by atoms with Crippen molar-refractivity contribution in [3.8, 4) is 0 Å². The van der Waals surface area contributed by atoms with Gasteiger partial charge in [-0.25, -0.2) is 0 Å². The third kappa shape index (κ3) is 18.3. The van der Waals surface area contributed by atoms with E-state index in [-0.39, 0.29) is 0 Å². The molecule has 1 nitrogen and oxygen atoms in total. The Labute approximate surface area is 59.2 Å². The summed E-state index contributed by atoms with van der Waals surface area (Å²) < 4.78 is 0. The van der Waals surface area contributed by atoms with Gasteiger partial charge >= 0.3 is 0 Å². The van der Waals surface area contributed by atoms with E-state index in [4.69, 9.17) is 0 Å². The molecule has 0 rings (SSSR count). The summed E-state index contributed by atoms with van der Waals surface area (Å²) in [4.78, 5) is 3.85. The van der Waals surface area contributed by atoms with Gasteiger partial charge in [0, 0.05) is 7.05 Å². The Morgan fingerprint density at radius 2 is 1.89 bits per heavy atom. The molecule has 0 amide bonds. The van der Waals surface area contributed by atoms with Crippen LogP contribution in [-0.2, 0) is 0 Å². The highest BCUT2D eigenvalue weighted by molar-refractivity contribution is 5.56. The normalized spacial score (nSPS) is 8.89. The largest absolute Gasteiger partial charge is 0.301 e. The van der Waals surface area contributed by atoms with Gasteiger partial charge in [0.1, 0.15) is 0 Å². The van der Waals surface area contributed by atoms with Crippen molar-refractivity contribution >= 4 is 6.21 Å². The summed E-state index contributed by atoms with van der Waals surface area (Å²) in [6.07, 6.45) is 5.65. The van der Waals surface area contributed by atoms with E-state index >= 15 is 0 Å². The number of hydrogen-bond donors (Lipinski definition) is 0. The zero-order valence-electron chi connectivity index (χ0n) is 7.15. The Morgan fingerprint density at radius 3 is 2.22 bits per heavy atom. The molecule has 0 aliphatic carbocycles. The predicted octanol–water partition coefficient (Wildman–Crippen LogP) is 2.90. The minimum Gasteiger partial charge on any atom is -0.301 e. The molecule has 0 atom stereocenters. The van der Waals surface area contributed by atoms with Crippen LogP contribution in [0.4, 0.5) is 0 Å². The molecular weight excluding hydrogens is 110 g/mol. The number of unbranched alkanes of at least 4 members (excludes halogenated alkanes) is 2. The Hall–Kier alpha value is -0.330. The van der Waals surface area contributed by atoms with Crippen molar-refractivity contribution < 1.29 is 0 Å². The van der Waals surface area contributed by atoms with E-state index < -0.39 is 0 Å². The molecule has 0 aromatic rings. The summed E-state index contributed by atoms with van der Waals surface area (Å²) in [7, 11) is 1.82. The van der Waals surface area contributed by atoms with Gasteiger partial charge in [-0.1, -0.05) is 27.2 Å². The van der Waals surface area contributed by atoms with E-state index in [1.807, 2.05) is 27.1 Å². The second-order valence-electron chi connectivity index (χ2n) is 1.58. The van der Waals surface area contributed by atoms with Crippen molar-refractivity contribution in [1.82, 2.24) is 0 Å². The number of nitrogens with zero attached hydrogens (tertiary/aromatic N) is 1. The van der Waals surface area contributed by atoms with Crippen LogP contribution in [-0.4, -0.2) is 13.3 Å². The summed E-state index contributed by atoms with van der Waals surface area (Å²) in [5, 5.41) is 0. The average Bonchev–Trinajstić information content (AvgIpc) is 1.94. The van der Waals surface area contributed by atoms with Crippen molar-refractivity contribution in [2.45, 2.75) is 40.0 Å². The summed E-state index contributed by atoms with van der Waals surface area (Å²) >= 11 is 0. The molecule has 56 valence electrons. The molecule has 0 saturated carbocycles. The molecule has 0 spiro atoms. The predicted molar refractivity (Wildman–Crippen MR) is 45.3 cm³/mol. The molecule has 0 aromatic carbocycles. The van der Waals surface area contributed by atoms with Crippen LogP contribution in [0.15, 0.2) is 4.99 Å². The maximum absolute atomic E-state index is 3.85. The fourth-order valence-corrected chi connectivity index (χ4v) is 0.425. The van der Waals surface area contributed by atoms with Crippen molar-refractivity contribution in [3.05, 3.63) is 0 Å². The van der Waals surface area contributed by atoms with Gasteiger partial charge < -0.3 is 4.99 Å². The lowest BCUT2D eigenvalue weighted by Crippen LogP contribution is -1.72. The van der Waals surface area contributed by atoms with Crippen molar-refractivity contribution in [1.29, 1.82) is 0 Å². The monoisotopic (exact) mass is 129 g/mol. The van der Waals surface area contributed by atoms with Gasteiger partial charge in [-0.15, -0.1) is 0 Å². The van der Waals surface area contributed by atoms with Crippen LogP contribution < -0.4 is 0 Å². The van der Waals surface area contributed by atoms with Crippen molar-refractivity contribution in [2.75, 3.05) is 7.05 Å². The first kappa shape index (κ1) is 11.5. The lowest BCUT2D eigenvalue weighted by atomic mass is 10.3. The average molecular weight is 129 g/mol. The van der Waals surface area contributed by atoms with Crippen molar-refractivity contribution in [2.24, 2.45) is 4.99 Å². The molecule has 0 N–H and O–H groups in total. The molecule has 0 fully saturated rings. The molecule has 0 bridgehead atoms. The Bertz CT molecular complexity index is 48.5. The second-order valence-corrected chi connectivity index (χ2v) is 1.58. The van der Waals surface area contributed by atoms with Gasteiger partial charge in [0.2, 0.25) is 0 Å². The van der Waals surface area contributed by atoms with E-state index in [9.17, 15) is 0 Å². The number of aliphatic imine (C=N–C) groups is 1. The van der Waals surface area contributed by atoms with Crippen LogP contribution in [0.5, 0.6) is 0 Å². The molecule has 1 heteroatoms. The summed E-state index contributed by atoms with van der Waals surface area (Å²) in [6.45, 7) is 6.18. The second kappa shape index (κ2) is 15.6. The van der Waals surface area contributed by atoms with Crippen molar-refractivity contribution in [3.63, 3.8) is 0 Å². The zero-order chi connectivity index (χ0) is 7.54. The van der Waals surface area contributed by atoms with Gasteiger partial charge in [-0.2, -0.15) is 0 Å². The molecule has 9 heavy (non-hydrogen) atoms. The highest BCUT2D eigenvalue weighted by Crippen LogP contribution is 1.88. The summed E-state index contributed by atoms with van der Waals surface area (Å²) in [5.41, 5.74) is 0. The Kier molecular flexibility index (Phi) is 19.9. The van der Waals surface area contributed by atoms with Crippen LogP contribution in [0.1, 0.15) is 40.0 Å². The first-order valence-electron chi connectivity index (χ1n) is 3.82. The van der Waals surface area contributed by atoms with Gasteiger partial charge in [-0.3, -0.25) is 0 Å². The molecule has 0 aromatic heterocycles. The Morgan fingerprint density at radius 1 is 1.33 bits per heavy atom. The SMILES string of the molecule is CC.CCCCC=NC. The lowest BCUT2D eigenvalue weighted by molar-refractivity contribution is 0.842. The van der Waals surface area contributed by atoms with Crippen LogP contribution in [0.25, 0.3) is 0 Å². The highest BCUT2D eigenvalue weighted by atomic mass is 14.6. The minimum atomic E-state index is 1.15. The van der Waals surface area contributed by atoms with E-state index in [0.29, 0.717) is 0 Å². The molecular formula is C8H19N. The maximum atomic E-state index is 3.85. The third-order valence-electron chi connectivity index (χ3n) is 0.869. The summed E-state index contributed by atoms with van der Waals surface area (Å²) in [5.74, 6) is 0. The molecule has 0 heterocycles. The fraction of sp³-hybridized carbons (Fsp3) is 0.875. The summed E-state index contributed by atoms with van der Waals surface area (Å²) in [6, 6.07) is 0. The van der Waals surface area contributed by atoms with Crippen LogP contribution in [0.2, 0.25) is 0 Å². The van der Waals surface area contributed by atoms with E-state index in [0.717, 1.165) is 6.42 Å². The fourth-order valence-electron chi connectivity index (χ4n) is 0.425. The van der Waals surface area contributed by atoms with E-state index in [1.54, 1.807) is 0 Å². The molecule has 0 unspecified atom stereocenters. The van der Waals surface area contributed by atoms with E-state index in [1.165, 1.54) is 12.8 Å². The third-order valence-corrected chi connectivity index (χ3v) is 0.869. The standard InChI is InChI=1S/C6H13N.C2H6/c1-3-4-5-6-7-2;1-2/h6H,3-5H2,1-2H3;1-2H3. The Balaban J connectivity index is 0. The first-order chi connectivity index (χ1) is 4.41. The highest BCUT2D eigenvalue weighted by Gasteiger charge is 1.74. The molecule has 0 aliphatic rings. The topological polar surface area (TPSA) is 12.4 Å². The van der Waals surface area contributed by atoms with Gasteiger partial charge in [0.25, 0.3) is 0 Å². The van der Waals surface area contributed by atoms with E-state index in [2.05, 4.69) is 11.9 Å². The molecule has 0 aliphatic heterocycles. The van der Waals surface area contributed by atoms with Gasteiger partial charge in [0.05, 0.1) is 0 Å². The molecule has 0 saturated heterocycles. The first-order valence-corrected chi connectivity index (χ1v) is 3.82. The molecule has 0 radical (unpaired) electrons. The number of hydrogen-bond acceptors (Lipinski definition) is 1. The maximum Gasteiger partial charge on any atom is 0.0273 e. The minimum absolute atomic E-state index is 1.15. The number of rotatable bonds is 3. The van der Waals surface area contributed by atoms with Crippen LogP contribution >= 0.6 is 0 Å².